The molecule has 4 atom stereocenters. The van der Waals surface area contributed by atoms with Crippen LogP contribution in [0.4, 0.5) is 10.1 Å². The standard InChI is InChI=1S/C34H51FN4O7S/c1-24-21-39(25(2)23-40)34(42)30-20-28(36-33(41)11-9-18-37(4)5)14-17-31(30)46-26(3)10-7-8-19-45-32(24)22-38(6)47(43,44)29-15-12-27(35)13-16-29/h12-17,20,24-26,32,40H,7-11,18-19,21-23H2,1-6H3,(H,36,41)/t24-,25-,26+,32+/m1/s1. The average molecular weight is 679 g/mol. The number of fused-ring (bicyclic) bond motifs is 1. The van der Waals surface area contributed by atoms with Crippen molar-refractivity contribution in [2.24, 2.45) is 5.92 Å². The lowest BCUT2D eigenvalue weighted by Crippen LogP contribution is -2.48. The van der Waals surface area contributed by atoms with Crippen LogP contribution in [0, 0.1) is 11.7 Å². The summed E-state index contributed by atoms with van der Waals surface area (Å²) in [6, 6.07) is 9.09. The van der Waals surface area contributed by atoms with Gasteiger partial charge in [0.05, 0.1) is 35.3 Å². The Bertz CT molecular complexity index is 1420. The van der Waals surface area contributed by atoms with Gasteiger partial charge in [-0.2, -0.15) is 4.31 Å². The third-order valence-corrected chi connectivity index (χ3v) is 10.1. The Hall–Kier alpha value is -3.10. The Balaban J connectivity index is 1.92. The van der Waals surface area contributed by atoms with Crippen molar-refractivity contribution in [1.29, 1.82) is 0 Å². The molecule has 13 heteroatoms. The first-order valence-corrected chi connectivity index (χ1v) is 17.7. The summed E-state index contributed by atoms with van der Waals surface area (Å²) >= 11 is 0. The van der Waals surface area contributed by atoms with Crippen molar-refractivity contribution in [3.05, 3.63) is 53.8 Å². The summed E-state index contributed by atoms with van der Waals surface area (Å²) in [4.78, 5) is 30.5. The number of rotatable bonds is 11. The van der Waals surface area contributed by atoms with Crippen molar-refractivity contribution < 1.29 is 37.0 Å². The highest BCUT2D eigenvalue weighted by Gasteiger charge is 2.32. The van der Waals surface area contributed by atoms with Crippen LogP contribution < -0.4 is 10.1 Å². The van der Waals surface area contributed by atoms with Crippen LogP contribution in [-0.4, -0.2) is 112 Å². The maximum Gasteiger partial charge on any atom is 0.258 e. The van der Waals surface area contributed by atoms with E-state index < -0.39 is 33.9 Å². The largest absolute Gasteiger partial charge is 0.490 e. The third kappa shape index (κ3) is 11.2. The van der Waals surface area contributed by atoms with Gasteiger partial charge in [0, 0.05) is 44.8 Å². The van der Waals surface area contributed by atoms with Crippen LogP contribution in [0.2, 0.25) is 0 Å². The fraction of sp³-hybridized carbons (Fsp3) is 0.588. The highest BCUT2D eigenvalue weighted by molar-refractivity contribution is 7.89. The second kappa shape index (κ2) is 17.9. The molecule has 1 heterocycles. The van der Waals surface area contributed by atoms with E-state index in [1.54, 1.807) is 25.1 Å². The lowest BCUT2D eigenvalue weighted by molar-refractivity contribution is -0.116. The Morgan fingerprint density at radius 3 is 2.49 bits per heavy atom. The molecular formula is C34H51FN4O7S. The maximum absolute atomic E-state index is 14.3. The van der Waals surface area contributed by atoms with E-state index >= 15 is 0 Å². The minimum Gasteiger partial charge on any atom is -0.490 e. The number of ether oxygens (including phenoxy) is 2. The zero-order valence-electron chi connectivity index (χ0n) is 28.4. The first-order valence-electron chi connectivity index (χ1n) is 16.2. The van der Waals surface area contributed by atoms with Crippen LogP contribution in [0.3, 0.4) is 0 Å². The number of anilines is 1. The van der Waals surface area contributed by atoms with Crippen LogP contribution in [0.5, 0.6) is 5.75 Å². The summed E-state index contributed by atoms with van der Waals surface area (Å²) in [5.41, 5.74) is 0.712. The zero-order valence-corrected chi connectivity index (χ0v) is 29.3. The normalized spacial score (nSPS) is 20.8. The first-order chi connectivity index (χ1) is 22.2. The van der Waals surface area contributed by atoms with Crippen LogP contribution >= 0.6 is 0 Å². The number of aliphatic hydroxyl groups is 1. The van der Waals surface area contributed by atoms with Crippen molar-refractivity contribution in [2.75, 3.05) is 59.3 Å². The van der Waals surface area contributed by atoms with Crippen molar-refractivity contribution >= 4 is 27.5 Å². The Kier molecular flexibility index (Phi) is 14.6. The van der Waals surface area contributed by atoms with E-state index in [4.69, 9.17) is 9.47 Å². The molecule has 0 spiro atoms. The number of sulfonamides is 1. The Labute approximate surface area is 279 Å². The summed E-state index contributed by atoms with van der Waals surface area (Å²) in [5, 5.41) is 13.1. The molecular weight excluding hydrogens is 627 g/mol. The topological polar surface area (TPSA) is 129 Å². The number of carbonyl (C=O) groups is 2. The number of hydrogen-bond donors (Lipinski definition) is 2. The molecule has 2 aromatic carbocycles. The van der Waals surface area contributed by atoms with Gasteiger partial charge in [0.1, 0.15) is 11.6 Å². The summed E-state index contributed by atoms with van der Waals surface area (Å²) in [5.74, 6) is -1.07. The number of amides is 2. The number of benzene rings is 2. The van der Waals surface area contributed by atoms with E-state index in [1.807, 2.05) is 32.8 Å². The smallest absolute Gasteiger partial charge is 0.258 e. The van der Waals surface area contributed by atoms with E-state index in [0.717, 1.165) is 25.1 Å². The summed E-state index contributed by atoms with van der Waals surface area (Å²) in [7, 11) is 1.40. The van der Waals surface area contributed by atoms with Gasteiger partial charge in [-0.3, -0.25) is 9.59 Å². The predicted molar refractivity (Wildman–Crippen MR) is 180 cm³/mol. The van der Waals surface area contributed by atoms with Crippen molar-refractivity contribution in [1.82, 2.24) is 14.1 Å². The van der Waals surface area contributed by atoms with Gasteiger partial charge < -0.3 is 29.7 Å². The van der Waals surface area contributed by atoms with Crippen LogP contribution in [-0.2, 0) is 19.6 Å². The van der Waals surface area contributed by atoms with Crippen LogP contribution in [0.25, 0.3) is 0 Å². The molecule has 3 rings (SSSR count). The number of carbonyl (C=O) groups excluding carboxylic acids is 2. The van der Waals surface area contributed by atoms with E-state index in [-0.39, 0.29) is 48.1 Å². The zero-order chi connectivity index (χ0) is 34.7. The molecule has 47 heavy (non-hydrogen) atoms. The predicted octanol–water partition coefficient (Wildman–Crippen LogP) is 4.22. The van der Waals surface area contributed by atoms with Crippen LogP contribution in [0.1, 0.15) is 63.2 Å². The maximum atomic E-state index is 14.3. The molecule has 0 unspecified atom stereocenters. The fourth-order valence-electron chi connectivity index (χ4n) is 5.38. The van der Waals surface area contributed by atoms with Crippen molar-refractivity contribution in [2.45, 2.75) is 76.0 Å². The molecule has 1 aliphatic rings. The second-order valence-electron chi connectivity index (χ2n) is 12.7. The van der Waals surface area contributed by atoms with Gasteiger partial charge in [-0.05, 0) is 103 Å². The molecule has 0 aromatic heterocycles. The molecule has 0 saturated carbocycles. The number of likely N-dealkylation sites (N-methyl/N-ethyl adjacent to an activating group) is 1. The van der Waals surface area contributed by atoms with Gasteiger partial charge in [-0.25, -0.2) is 12.8 Å². The van der Waals surface area contributed by atoms with E-state index in [2.05, 4.69) is 5.32 Å². The molecule has 262 valence electrons. The molecule has 0 saturated heterocycles. The quantitative estimate of drug-likeness (QED) is 0.362. The van der Waals surface area contributed by atoms with Gasteiger partial charge in [-0.1, -0.05) is 6.92 Å². The number of nitrogens with one attached hydrogen (secondary N) is 1. The minimum absolute atomic E-state index is 0.00346. The summed E-state index contributed by atoms with van der Waals surface area (Å²) in [6.45, 7) is 6.52. The van der Waals surface area contributed by atoms with E-state index in [1.165, 1.54) is 28.4 Å². The monoisotopic (exact) mass is 678 g/mol. The molecule has 11 nitrogen and oxygen atoms in total. The SMILES string of the molecule is C[C@@H]1CN([C@H](C)CO)C(=O)c2cc(NC(=O)CCCN(C)C)ccc2O[C@@H](C)CCCCO[C@H]1CN(C)S(=O)(=O)c1ccc(F)cc1. The Morgan fingerprint density at radius 2 is 1.83 bits per heavy atom. The molecule has 1 aliphatic heterocycles. The van der Waals surface area contributed by atoms with E-state index in [0.29, 0.717) is 43.7 Å². The van der Waals surface area contributed by atoms with Gasteiger partial charge >= 0.3 is 0 Å². The summed E-state index contributed by atoms with van der Waals surface area (Å²) < 4.78 is 53.9. The third-order valence-electron chi connectivity index (χ3n) is 8.30. The van der Waals surface area contributed by atoms with Gasteiger partial charge in [-0.15, -0.1) is 0 Å². The average Bonchev–Trinajstić information content (AvgIpc) is 3.02. The number of halogens is 1. The van der Waals surface area contributed by atoms with Gasteiger partial charge in [0.15, 0.2) is 0 Å². The number of nitrogens with zero attached hydrogens (tertiary/aromatic N) is 3. The summed E-state index contributed by atoms with van der Waals surface area (Å²) in [6.07, 6.45) is 2.39. The van der Waals surface area contributed by atoms with Crippen molar-refractivity contribution in [3.8, 4) is 5.75 Å². The molecule has 0 fully saturated rings. The van der Waals surface area contributed by atoms with Gasteiger partial charge in [0.25, 0.3) is 5.91 Å². The molecule has 2 aromatic rings. The molecule has 0 bridgehead atoms. The highest BCUT2D eigenvalue weighted by atomic mass is 32.2. The minimum atomic E-state index is -3.94. The molecule has 0 aliphatic carbocycles. The lowest BCUT2D eigenvalue weighted by Gasteiger charge is -2.35. The van der Waals surface area contributed by atoms with Crippen LogP contribution in [0.15, 0.2) is 47.4 Å². The molecule has 0 radical (unpaired) electrons. The van der Waals surface area contributed by atoms with Gasteiger partial charge in [0.2, 0.25) is 15.9 Å². The van der Waals surface area contributed by atoms with E-state index in [9.17, 15) is 27.5 Å². The number of hydrogen-bond acceptors (Lipinski definition) is 8. The highest BCUT2D eigenvalue weighted by Crippen LogP contribution is 2.29. The molecule has 2 amide bonds. The van der Waals surface area contributed by atoms with Crippen molar-refractivity contribution in [3.63, 3.8) is 0 Å². The lowest BCUT2D eigenvalue weighted by atomic mass is 10.0. The molecule has 2 N–H and O–H groups in total. The Morgan fingerprint density at radius 1 is 1.13 bits per heavy atom. The first kappa shape index (κ1) is 38.3. The number of aliphatic hydroxyl groups excluding tert-OH is 1. The fourth-order valence-corrected chi connectivity index (χ4v) is 6.56. The second-order valence-corrected chi connectivity index (χ2v) is 14.8.